The number of aryl methyl sites for hydroxylation is 2. The van der Waals surface area contributed by atoms with E-state index < -0.39 is 5.97 Å². The van der Waals surface area contributed by atoms with Gasteiger partial charge in [-0.1, -0.05) is 17.4 Å². The van der Waals surface area contributed by atoms with Crippen LogP contribution in [0.25, 0.3) is 21.1 Å². The highest BCUT2D eigenvalue weighted by Crippen LogP contribution is 2.20. The van der Waals surface area contributed by atoms with Crippen molar-refractivity contribution in [3.05, 3.63) is 70.2 Å². The van der Waals surface area contributed by atoms with Crippen LogP contribution in [0.3, 0.4) is 0 Å². The van der Waals surface area contributed by atoms with Crippen molar-refractivity contribution in [3.63, 3.8) is 0 Å². The summed E-state index contributed by atoms with van der Waals surface area (Å²) >= 11 is 1.37. The lowest BCUT2D eigenvalue weighted by molar-refractivity contribution is 0.0601. The first-order chi connectivity index (χ1) is 14.0. The fourth-order valence-electron chi connectivity index (χ4n) is 3.22. The molecule has 0 bridgehead atoms. The average molecular weight is 405 g/mol. The second-order valence-electron chi connectivity index (χ2n) is 6.58. The van der Waals surface area contributed by atoms with Crippen LogP contribution in [0.1, 0.15) is 33.3 Å². The van der Waals surface area contributed by atoms with Crippen molar-refractivity contribution in [1.29, 1.82) is 0 Å². The van der Waals surface area contributed by atoms with Gasteiger partial charge in [0.1, 0.15) is 0 Å². The molecule has 6 nitrogen and oxygen atoms in total. The van der Waals surface area contributed by atoms with Crippen molar-refractivity contribution < 1.29 is 14.3 Å². The molecular weight excluding hydrogens is 386 g/mol. The van der Waals surface area contributed by atoms with Gasteiger partial charge in [-0.25, -0.2) is 4.79 Å². The summed E-state index contributed by atoms with van der Waals surface area (Å²) in [5.41, 5.74) is 3.69. The Kier molecular flexibility index (Phi) is 4.98. The molecular formula is C22H19N3O3S. The average Bonchev–Trinajstić information content (AvgIpc) is 3.08. The highest BCUT2D eigenvalue weighted by atomic mass is 32.1. The zero-order valence-electron chi connectivity index (χ0n) is 16.3. The first kappa shape index (κ1) is 19.0. The Balaban J connectivity index is 1.79. The maximum atomic E-state index is 12.8. The largest absolute Gasteiger partial charge is 0.465 e. The molecule has 0 aliphatic heterocycles. The van der Waals surface area contributed by atoms with Crippen LogP contribution in [-0.2, 0) is 11.3 Å². The summed E-state index contributed by atoms with van der Waals surface area (Å²) in [5.74, 6) is -0.702. The van der Waals surface area contributed by atoms with Gasteiger partial charge in [-0.05, 0) is 56.3 Å². The van der Waals surface area contributed by atoms with Crippen LogP contribution in [-0.4, -0.2) is 28.5 Å². The molecule has 29 heavy (non-hydrogen) atoms. The minimum atomic E-state index is -0.391. The van der Waals surface area contributed by atoms with Gasteiger partial charge in [-0.15, -0.1) is 0 Å². The van der Waals surface area contributed by atoms with Crippen LogP contribution in [0.4, 0.5) is 0 Å². The minimum Gasteiger partial charge on any atom is -0.465 e. The highest BCUT2D eigenvalue weighted by molar-refractivity contribution is 7.16. The molecule has 0 N–H and O–H groups in total. The fourth-order valence-corrected chi connectivity index (χ4v) is 4.35. The number of rotatable bonds is 3. The number of pyridine rings is 1. The summed E-state index contributed by atoms with van der Waals surface area (Å²) < 4.78 is 7.63. The van der Waals surface area contributed by atoms with Gasteiger partial charge in [0.25, 0.3) is 5.91 Å². The van der Waals surface area contributed by atoms with Gasteiger partial charge in [0.2, 0.25) is 0 Å². The molecule has 0 saturated heterocycles. The number of carbonyl (C=O) groups is 2. The van der Waals surface area contributed by atoms with Gasteiger partial charge in [-0.2, -0.15) is 4.99 Å². The van der Waals surface area contributed by atoms with Gasteiger partial charge < -0.3 is 9.30 Å². The molecule has 0 atom stereocenters. The van der Waals surface area contributed by atoms with E-state index in [1.54, 1.807) is 18.2 Å². The summed E-state index contributed by atoms with van der Waals surface area (Å²) in [7, 11) is 1.35. The zero-order chi connectivity index (χ0) is 20.5. The number of aromatic nitrogens is 2. The van der Waals surface area contributed by atoms with E-state index in [0.29, 0.717) is 22.5 Å². The number of ether oxygens (including phenoxy) is 1. The predicted octanol–water partition coefficient (Wildman–Crippen LogP) is 4.11. The number of nitrogens with zero attached hydrogens (tertiary/aromatic N) is 3. The summed E-state index contributed by atoms with van der Waals surface area (Å²) in [6.45, 7) is 4.59. The van der Waals surface area contributed by atoms with Crippen LogP contribution in [0.2, 0.25) is 0 Å². The molecule has 0 fully saturated rings. The van der Waals surface area contributed by atoms with E-state index in [0.717, 1.165) is 26.8 Å². The summed E-state index contributed by atoms with van der Waals surface area (Å²) in [6.07, 6.45) is 0. The Hall–Kier alpha value is -3.32. The lowest BCUT2D eigenvalue weighted by Gasteiger charge is -2.02. The molecule has 0 aliphatic carbocycles. The first-order valence-corrected chi connectivity index (χ1v) is 10.00. The normalized spacial score (nSPS) is 11.9. The second kappa shape index (κ2) is 7.60. The second-order valence-corrected chi connectivity index (χ2v) is 7.59. The van der Waals surface area contributed by atoms with E-state index >= 15 is 0 Å². The molecule has 146 valence electrons. The number of methoxy groups -OCH3 is 1. The Morgan fingerprint density at radius 3 is 2.66 bits per heavy atom. The summed E-state index contributed by atoms with van der Waals surface area (Å²) in [6, 6.07) is 14.6. The lowest BCUT2D eigenvalue weighted by Crippen LogP contribution is -2.15. The number of amides is 1. The van der Waals surface area contributed by atoms with Crippen molar-refractivity contribution in [2.75, 3.05) is 7.11 Å². The van der Waals surface area contributed by atoms with Gasteiger partial charge in [0.15, 0.2) is 4.80 Å². The van der Waals surface area contributed by atoms with Crippen molar-refractivity contribution >= 4 is 44.3 Å². The monoisotopic (exact) mass is 405 g/mol. The zero-order valence-corrected chi connectivity index (χ0v) is 17.1. The van der Waals surface area contributed by atoms with Crippen molar-refractivity contribution in [2.24, 2.45) is 4.99 Å². The summed E-state index contributed by atoms with van der Waals surface area (Å²) in [4.78, 5) is 34.0. The van der Waals surface area contributed by atoms with Gasteiger partial charge in [-0.3, -0.25) is 9.78 Å². The molecule has 2 aromatic heterocycles. The SMILES string of the molecule is CCn1c(=NC(=O)c2ccc3nc(C)ccc3c2)sc2cc(C(=O)OC)ccc21. The van der Waals surface area contributed by atoms with E-state index in [4.69, 9.17) is 4.74 Å². The quantitative estimate of drug-likeness (QED) is 0.481. The molecule has 0 unspecified atom stereocenters. The number of fused-ring (bicyclic) bond motifs is 2. The third-order valence-electron chi connectivity index (χ3n) is 4.69. The number of hydrogen-bond acceptors (Lipinski definition) is 5. The topological polar surface area (TPSA) is 73.5 Å². The molecule has 0 aliphatic rings. The number of carbonyl (C=O) groups excluding carboxylic acids is 2. The van der Waals surface area contributed by atoms with Gasteiger partial charge >= 0.3 is 5.97 Å². The van der Waals surface area contributed by atoms with E-state index in [9.17, 15) is 9.59 Å². The Labute approximate surface area is 171 Å². The van der Waals surface area contributed by atoms with Crippen LogP contribution in [0.5, 0.6) is 0 Å². The Bertz CT molecular complexity index is 1330. The van der Waals surface area contributed by atoms with Gasteiger partial charge in [0, 0.05) is 23.2 Å². The number of hydrogen-bond donors (Lipinski definition) is 0. The lowest BCUT2D eigenvalue weighted by atomic mass is 10.1. The van der Waals surface area contributed by atoms with Crippen molar-refractivity contribution in [1.82, 2.24) is 9.55 Å². The summed E-state index contributed by atoms with van der Waals surface area (Å²) in [5, 5.41) is 0.902. The molecule has 4 aromatic rings. The maximum absolute atomic E-state index is 12.8. The smallest absolute Gasteiger partial charge is 0.337 e. The Morgan fingerprint density at radius 1 is 1.10 bits per heavy atom. The van der Waals surface area contributed by atoms with Crippen LogP contribution in [0, 0.1) is 6.92 Å². The van der Waals surface area contributed by atoms with E-state index in [1.807, 2.05) is 48.7 Å². The maximum Gasteiger partial charge on any atom is 0.337 e. The molecule has 0 radical (unpaired) electrons. The standard InChI is InChI=1S/C22H19N3O3S/c1-4-25-18-10-8-16(21(27)28-3)12-19(18)29-22(25)24-20(26)15-7-9-17-14(11-15)6-5-13(2)23-17/h5-12H,4H2,1-3H3. The minimum absolute atomic E-state index is 0.311. The third-order valence-corrected chi connectivity index (χ3v) is 5.73. The molecule has 2 heterocycles. The molecule has 2 aromatic carbocycles. The first-order valence-electron chi connectivity index (χ1n) is 9.18. The highest BCUT2D eigenvalue weighted by Gasteiger charge is 2.12. The predicted molar refractivity (Wildman–Crippen MR) is 113 cm³/mol. The molecule has 7 heteroatoms. The fraction of sp³-hybridized carbons (Fsp3) is 0.182. The van der Waals surface area contributed by atoms with Crippen LogP contribution in [0.15, 0.2) is 53.5 Å². The van der Waals surface area contributed by atoms with E-state index in [2.05, 4.69) is 9.98 Å². The Morgan fingerprint density at radius 2 is 1.90 bits per heavy atom. The third kappa shape index (κ3) is 3.56. The molecule has 0 saturated carbocycles. The van der Waals surface area contributed by atoms with Crippen LogP contribution < -0.4 is 4.80 Å². The number of thiazole rings is 1. The number of benzene rings is 2. The van der Waals surface area contributed by atoms with E-state index in [1.165, 1.54) is 18.4 Å². The number of esters is 1. The molecule has 0 spiro atoms. The van der Waals surface area contributed by atoms with Gasteiger partial charge in [0.05, 0.1) is 28.4 Å². The van der Waals surface area contributed by atoms with Crippen LogP contribution >= 0.6 is 11.3 Å². The van der Waals surface area contributed by atoms with E-state index in [-0.39, 0.29) is 5.91 Å². The van der Waals surface area contributed by atoms with Crippen molar-refractivity contribution in [2.45, 2.75) is 20.4 Å². The van der Waals surface area contributed by atoms with Crippen molar-refractivity contribution in [3.8, 4) is 0 Å². The molecule has 4 rings (SSSR count). The molecule has 1 amide bonds.